The fourth-order valence-electron chi connectivity index (χ4n) is 1.63. The van der Waals surface area contributed by atoms with Crippen LogP contribution in [-0.4, -0.2) is 29.1 Å². The second kappa shape index (κ2) is 6.85. The van der Waals surface area contributed by atoms with Crippen molar-refractivity contribution in [1.82, 2.24) is 9.97 Å². The summed E-state index contributed by atoms with van der Waals surface area (Å²) in [6.07, 6.45) is 2.25. The van der Waals surface area contributed by atoms with Crippen molar-refractivity contribution in [2.24, 2.45) is 0 Å². The van der Waals surface area contributed by atoms with E-state index in [1.165, 1.54) is 6.20 Å². The highest BCUT2D eigenvalue weighted by Gasteiger charge is 2.12. The predicted molar refractivity (Wildman–Crippen MR) is 78.9 cm³/mol. The van der Waals surface area contributed by atoms with E-state index in [9.17, 15) is 4.79 Å². The van der Waals surface area contributed by atoms with E-state index in [2.05, 4.69) is 15.3 Å². The highest BCUT2D eigenvalue weighted by Crippen LogP contribution is 2.16. The Morgan fingerprint density at radius 2 is 2.35 bits per heavy atom. The minimum atomic E-state index is -0.435. The number of pyridine rings is 1. The fraction of sp³-hybridized carbons (Fsp3) is 0.308. The lowest BCUT2D eigenvalue weighted by Gasteiger charge is -2.08. The summed E-state index contributed by atoms with van der Waals surface area (Å²) >= 11 is 1.57. The molecule has 7 heteroatoms. The average Bonchev–Trinajstić information content (AvgIpc) is 2.94. The number of thiazole rings is 1. The number of ether oxygens (including phenoxy) is 1. The van der Waals surface area contributed by atoms with Gasteiger partial charge in [0.15, 0.2) is 0 Å². The molecular formula is C13H16N4O2S. The van der Waals surface area contributed by atoms with Crippen LogP contribution in [0.25, 0.3) is 0 Å². The number of anilines is 2. The molecule has 0 fully saturated rings. The summed E-state index contributed by atoms with van der Waals surface area (Å²) in [5, 5.41) is 5.14. The number of esters is 1. The van der Waals surface area contributed by atoms with Crippen LogP contribution in [0.15, 0.2) is 23.2 Å². The molecule has 0 aromatic carbocycles. The zero-order valence-electron chi connectivity index (χ0n) is 11.1. The summed E-state index contributed by atoms with van der Waals surface area (Å²) in [6, 6.07) is 1.61. The molecule has 2 aromatic rings. The normalized spacial score (nSPS) is 10.2. The molecule has 0 unspecified atom stereocenters. The second-order valence-electron chi connectivity index (χ2n) is 4.03. The molecule has 6 nitrogen and oxygen atoms in total. The third kappa shape index (κ3) is 3.67. The maximum absolute atomic E-state index is 11.7. The number of aromatic nitrogens is 2. The minimum Gasteiger partial charge on any atom is -0.462 e. The molecular weight excluding hydrogens is 276 g/mol. The largest absolute Gasteiger partial charge is 0.462 e. The van der Waals surface area contributed by atoms with E-state index in [4.69, 9.17) is 10.5 Å². The molecule has 20 heavy (non-hydrogen) atoms. The number of nitrogens with two attached hydrogens (primary N) is 1. The van der Waals surface area contributed by atoms with Gasteiger partial charge >= 0.3 is 5.97 Å². The van der Waals surface area contributed by atoms with Gasteiger partial charge in [-0.05, 0) is 13.0 Å². The van der Waals surface area contributed by atoms with Gasteiger partial charge in [-0.2, -0.15) is 0 Å². The molecule has 0 saturated carbocycles. The van der Waals surface area contributed by atoms with E-state index < -0.39 is 5.97 Å². The summed E-state index contributed by atoms with van der Waals surface area (Å²) in [5.41, 5.74) is 9.20. The van der Waals surface area contributed by atoms with Crippen LogP contribution in [0.1, 0.15) is 23.0 Å². The van der Waals surface area contributed by atoms with Crippen LogP contribution < -0.4 is 11.1 Å². The maximum atomic E-state index is 11.7. The number of nitrogens with zero attached hydrogens (tertiary/aromatic N) is 2. The molecule has 3 N–H and O–H groups in total. The fourth-order valence-corrected chi connectivity index (χ4v) is 2.22. The molecule has 2 rings (SSSR count). The molecule has 0 saturated heterocycles. The molecule has 0 bridgehead atoms. The number of carbonyl (C=O) groups excluding carboxylic acids is 1. The number of hydrogen-bond acceptors (Lipinski definition) is 7. The first-order valence-electron chi connectivity index (χ1n) is 6.24. The Balaban J connectivity index is 1.98. The Morgan fingerprint density at radius 3 is 3.05 bits per heavy atom. The third-order valence-corrected chi connectivity index (χ3v) is 3.24. The Kier molecular flexibility index (Phi) is 4.89. The van der Waals surface area contributed by atoms with Crippen molar-refractivity contribution in [2.45, 2.75) is 13.3 Å². The van der Waals surface area contributed by atoms with Gasteiger partial charge in [0.05, 0.1) is 35.3 Å². The molecule has 0 atom stereocenters. The number of nitrogen functional groups attached to an aromatic ring is 1. The summed E-state index contributed by atoms with van der Waals surface area (Å²) in [5.74, 6) is 0.160. The standard InChI is InChI=1S/C13H16N4O2S/c1-2-19-13(18)10-5-12(16-6-11(10)14)15-4-3-9-7-20-8-17-9/h5-8H,2-4,14H2,1H3,(H,15,16). The number of rotatable bonds is 6. The van der Waals surface area contributed by atoms with Gasteiger partial charge in [0, 0.05) is 18.3 Å². The van der Waals surface area contributed by atoms with Gasteiger partial charge in [0.2, 0.25) is 0 Å². The molecule has 106 valence electrons. The van der Waals surface area contributed by atoms with Gasteiger partial charge in [0.1, 0.15) is 5.82 Å². The minimum absolute atomic E-state index is 0.313. The van der Waals surface area contributed by atoms with Crippen LogP contribution in [0.5, 0.6) is 0 Å². The molecule has 2 heterocycles. The van der Waals surface area contributed by atoms with Gasteiger partial charge < -0.3 is 15.8 Å². The molecule has 2 aromatic heterocycles. The Morgan fingerprint density at radius 1 is 1.50 bits per heavy atom. The van der Waals surface area contributed by atoms with Crippen molar-refractivity contribution >= 4 is 28.8 Å². The second-order valence-corrected chi connectivity index (χ2v) is 4.75. The quantitative estimate of drug-likeness (QED) is 0.791. The van der Waals surface area contributed by atoms with Crippen molar-refractivity contribution in [3.05, 3.63) is 34.4 Å². The lowest BCUT2D eigenvalue weighted by molar-refractivity contribution is 0.0527. The van der Waals surface area contributed by atoms with Crippen LogP contribution in [-0.2, 0) is 11.2 Å². The summed E-state index contributed by atoms with van der Waals surface area (Å²) in [4.78, 5) is 20.0. The smallest absolute Gasteiger partial charge is 0.340 e. The molecule has 0 aliphatic heterocycles. The van der Waals surface area contributed by atoms with Crippen LogP contribution in [0.2, 0.25) is 0 Å². The van der Waals surface area contributed by atoms with Crippen LogP contribution in [0, 0.1) is 0 Å². The average molecular weight is 292 g/mol. The van der Waals surface area contributed by atoms with E-state index in [0.29, 0.717) is 30.2 Å². The van der Waals surface area contributed by atoms with Gasteiger partial charge in [-0.15, -0.1) is 11.3 Å². The first-order valence-corrected chi connectivity index (χ1v) is 7.18. The molecule has 0 aliphatic carbocycles. The Hall–Kier alpha value is -2.15. The van der Waals surface area contributed by atoms with E-state index in [1.54, 1.807) is 29.8 Å². The van der Waals surface area contributed by atoms with E-state index in [1.807, 2.05) is 5.38 Å². The van der Waals surface area contributed by atoms with Crippen molar-refractivity contribution in [3.8, 4) is 0 Å². The van der Waals surface area contributed by atoms with Gasteiger partial charge in [0.25, 0.3) is 0 Å². The lowest BCUT2D eigenvalue weighted by atomic mass is 10.2. The maximum Gasteiger partial charge on any atom is 0.340 e. The van der Waals surface area contributed by atoms with E-state index in [-0.39, 0.29) is 0 Å². The van der Waals surface area contributed by atoms with Crippen LogP contribution >= 0.6 is 11.3 Å². The van der Waals surface area contributed by atoms with Crippen LogP contribution in [0.4, 0.5) is 11.5 Å². The summed E-state index contributed by atoms with van der Waals surface area (Å²) < 4.78 is 4.94. The first kappa shape index (κ1) is 14.3. The van der Waals surface area contributed by atoms with Crippen molar-refractivity contribution in [2.75, 3.05) is 24.2 Å². The first-order chi connectivity index (χ1) is 9.70. The summed E-state index contributed by atoms with van der Waals surface area (Å²) in [7, 11) is 0. The number of carbonyl (C=O) groups is 1. The monoisotopic (exact) mass is 292 g/mol. The van der Waals surface area contributed by atoms with Crippen molar-refractivity contribution < 1.29 is 9.53 Å². The summed E-state index contributed by atoms with van der Waals surface area (Å²) in [6.45, 7) is 2.75. The SMILES string of the molecule is CCOC(=O)c1cc(NCCc2cscn2)ncc1N. The topological polar surface area (TPSA) is 90.1 Å². The highest BCUT2D eigenvalue weighted by molar-refractivity contribution is 7.07. The Bertz CT molecular complexity index is 572. The zero-order valence-corrected chi connectivity index (χ0v) is 11.9. The lowest BCUT2D eigenvalue weighted by Crippen LogP contribution is -2.11. The van der Waals surface area contributed by atoms with Gasteiger partial charge in [-0.25, -0.2) is 14.8 Å². The van der Waals surface area contributed by atoms with Crippen molar-refractivity contribution in [1.29, 1.82) is 0 Å². The number of hydrogen-bond donors (Lipinski definition) is 2. The van der Waals surface area contributed by atoms with E-state index in [0.717, 1.165) is 12.1 Å². The van der Waals surface area contributed by atoms with Gasteiger partial charge in [-0.1, -0.05) is 0 Å². The molecule has 0 spiro atoms. The molecule has 0 amide bonds. The van der Waals surface area contributed by atoms with Gasteiger partial charge in [-0.3, -0.25) is 0 Å². The number of nitrogens with one attached hydrogen (secondary N) is 1. The Labute approximate surface area is 121 Å². The molecule has 0 aliphatic rings. The predicted octanol–water partition coefficient (Wildman–Crippen LogP) is 1.95. The molecule has 0 radical (unpaired) electrons. The highest BCUT2D eigenvalue weighted by atomic mass is 32.1. The van der Waals surface area contributed by atoms with Crippen LogP contribution in [0.3, 0.4) is 0 Å². The zero-order chi connectivity index (χ0) is 14.4. The van der Waals surface area contributed by atoms with Crippen molar-refractivity contribution in [3.63, 3.8) is 0 Å². The van der Waals surface area contributed by atoms with E-state index >= 15 is 0 Å². The third-order valence-electron chi connectivity index (χ3n) is 2.60.